The molecule has 0 aliphatic heterocycles. The molecule has 0 unspecified atom stereocenters. The monoisotopic (exact) mass is 269 g/mol. The van der Waals surface area contributed by atoms with Gasteiger partial charge in [0, 0.05) is 11.9 Å². The first-order chi connectivity index (χ1) is 8.50. The van der Waals surface area contributed by atoms with Crippen LogP contribution in [-0.4, -0.2) is 12.0 Å². The lowest BCUT2D eigenvalue weighted by Gasteiger charge is -2.21. The number of nitrogen functional groups attached to an aromatic ring is 1. The second kappa shape index (κ2) is 4.89. The molecule has 0 amide bonds. The van der Waals surface area contributed by atoms with Crippen molar-refractivity contribution < 1.29 is 8.78 Å². The van der Waals surface area contributed by atoms with E-state index in [2.05, 4.69) is 4.98 Å². The van der Waals surface area contributed by atoms with E-state index in [1.54, 1.807) is 17.5 Å². The SMILES string of the molecule is Cc1ncsc1CN(C)c1c(N)ccc(F)c1F. The first kappa shape index (κ1) is 12.8. The van der Waals surface area contributed by atoms with E-state index in [0.717, 1.165) is 16.6 Å². The van der Waals surface area contributed by atoms with Gasteiger partial charge in [-0.1, -0.05) is 0 Å². The molecule has 0 fully saturated rings. The highest BCUT2D eigenvalue weighted by atomic mass is 32.1. The van der Waals surface area contributed by atoms with Crippen molar-refractivity contribution >= 4 is 22.7 Å². The summed E-state index contributed by atoms with van der Waals surface area (Å²) in [5.41, 5.74) is 8.62. The fourth-order valence-corrected chi connectivity index (χ4v) is 2.54. The summed E-state index contributed by atoms with van der Waals surface area (Å²) < 4.78 is 26.9. The third-order valence-corrected chi connectivity index (χ3v) is 3.63. The number of nitrogens with two attached hydrogens (primary N) is 1. The molecule has 0 aliphatic rings. The lowest BCUT2D eigenvalue weighted by Crippen LogP contribution is -2.19. The molecule has 1 aromatic carbocycles. The number of halogens is 2. The molecule has 18 heavy (non-hydrogen) atoms. The quantitative estimate of drug-likeness (QED) is 0.871. The number of nitrogens with zero attached hydrogens (tertiary/aromatic N) is 2. The molecule has 0 radical (unpaired) electrons. The topological polar surface area (TPSA) is 42.2 Å². The molecule has 1 aromatic heterocycles. The zero-order valence-corrected chi connectivity index (χ0v) is 10.9. The molecule has 96 valence electrons. The normalized spacial score (nSPS) is 10.7. The van der Waals surface area contributed by atoms with Gasteiger partial charge in [-0.25, -0.2) is 13.8 Å². The van der Waals surface area contributed by atoms with Crippen LogP contribution in [0.5, 0.6) is 0 Å². The first-order valence-corrected chi connectivity index (χ1v) is 6.22. The summed E-state index contributed by atoms with van der Waals surface area (Å²) >= 11 is 1.48. The van der Waals surface area contributed by atoms with Crippen LogP contribution in [0.1, 0.15) is 10.6 Å². The zero-order chi connectivity index (χ0) is 13.3. The molecule has 0 aliphatic carbocycles. The average Bonchev–Trinajstić information content (AvgIpc) is 2.70. The van der Waals surface area contributed by atoms with Gasteiger partial charge in [-0.05, 0) is 19.1 Å². The Labute approximate surface area is 108 Å². The molecule has 0 bridgehead atoms. The third kappa shape index (κ3) is 2.28. The van der Waals surface area contributed by atoms with Gasteiger partial charge in [-0.15, -0.1) is 11.3 Å². The number of thiazole rings is 1. The van der Waals surface area contributed by atoms with Crippen LogP contribution < -0.4 is 10.6 Å². The predicted molar refractivity (Wildman–Crippen MR) is 69.7 cm³/mol. The molecule has 3 nitrogen and oxygen atoms in total. The van der Waals surface area contributed by atoms with Gasteiger partial charge in [-0.3, -0.25) is 0 Å². The summed E-state index contributed by atoms with van der Waals surface area (Å²) in [6, 6.07) is 2.39. The minimum Gasteiger partial charge on any atom is -0.397 e. The van der Waals surface area contributed by atoms with Gasteiger partial charge in [0.25, 0.3) is 0 Å². The Morgan fingerprint density at radius 1 is 1.39 bits per heavy atom. The number of hydrogen-bond acceptors (Lipinski definition) is 4. The smallest absolute Gasteiger partial charge is 0.184 e. The van der Waals surface area contributed by atoms with Crippen molar-refractivity contribution in [3.05, 3.63) is 39.8 Å². The molecule has 2 rings (SSSR count). The Morgan fingerprint density at radius 2 is 2.11 bits per heavy atom. The van der Waals surface area contributed by atoms with E-state index in [0.29, 0.717) is 6.54 Å². The lowest BCUT2D eigenvalue weighted by atomic mass is 10.2. The lowest BCUT2D eigenvalue weighted by molar-refractivity contribution is 0.508. The molecule has 0 saturated carbocycles. The van der Waals surface area contributed by atoms with Crippen molar-refractivity contribution in [1.82, 2.24) is 4.98 Å². The van der Waals surface area contributed by atoms with E-state index < -0.39 is 11.6 Å². The molecule has 2 N–H and O–H groups in total. The van der Waals surface area contributed by atoms with Crippen LogP contribution in [0.15, 0.2) is 17.6 Å². The van der Waals surface area contributed by atoms with Crippen molar-refractivity contribution in [1.29, 1.82) is 0 Å². The maximum absolute atomic E-state index is 13.7. The van der Waals surface area contributed by atoms with Gasteiger partial charge in [0.15, 0.2) is 11.6 Å². The van der Waals surface area contributed by atoms with Crippen LogP contribution in [0.4, 0.5) is 20.2 Å². The second-order valence-electron chi connectivity index (χ2n) is 4.02. The summed E-state index contributed by atoms with van der Waals surface area (Å²) in [6.45, 7) is 2.33. The van der Waals surface area contributed by atoms with Crippen molar-refractivity contribution in [3.8, 4) is 0 Å². The van der Waals surface area contributed by atoms with Crippen LogP contribution in [0.3, 0.4) is 0 Å². The zero-order valence-electron chi connectivity index (χ0n) is 10.1. The van der Waals surface area contributed by atoms with E-state index in [1.165, 1.54) is 17.4 Å². The Morgan fingerprint density at radius 3 is 2.72 bits per heavy atom. The molecular formula is C12H13F2N3S. The van der Waals surface area contributed by atoms with Crippen LogP contribution in [0, 0.1) is 18.6 Å². The van der Waals surface area contributed by atoms with Crippen molar-refractivity contribution in [2.45, 2.75) is 13.5 Å². The van der Waals surface area contributed by atoms with E-state index >= 15 is 0 Å². The van der Waals surface area contributed by atoms with E-state index in [-0.39, 0.29) is 11.4 Å². The number of benzene rings is 1. The molecule has 0 atom stereocenters. The highest BCUT2D eigenvalue weighted by molar-refractivity contribution is 7.09. The fraction of sp³-hybridized carbons (Fsp3) is 0.250. The predicted octanol–water partition coefficient (Wildman–Crippen LogP) is 2.95. The number of aryl methyl sites for hydroxylation is 1. The highest BCUT2D eigenvalue weighted by Gasteiger charge is 2.17. The number of anilines is 2. The fourth-order valence-electron chi connectivity index (χ4n) is 1.72. The standard InChI is InChI=1S/C12H13F2N3S/c1-7-10(18-6-16-7)5-17(2)12-9(15)4-3-8(13)11(12)14/h3-4,6H,5,15H2,1-2H3. The highest BCUT2D eigenvalue weighted by Crippen LogP contribution is 2.29. The van der Waals surface area contributed by atoms with Crippen molar-refractivity contribution in [2.75, 3.05) is 17.7 Å². The van der Waals surface area contributed by atoms with Gasteiger partial charge >= 0.3 is 0 Å². The average molecular weight is 269 g/mol. The summed E-state index contributed by atoms with van der Waals surface area (Å²) in [7, 11) is 1.67. The van der Waals surface area contributed by atoms with Crippen LogP contribution >= 0.6 is 11.3 Å². The molecule has 6 heteroatoms. The Hall–Kier alpha value is -1.69. The van der Waals surface area contributed by atoms with Crippen molar-refractivity contribution in [3.63, 3.8) is 0 Å². The first-order valence-electron chi connectivity index (χ1n) is 5.34. The Bertz CT molecular complexity index is 568. The van der Waals surface area contributed by atoms with Gasteiger partial charge in [0.1, 0.15) is 0 Å². The Kier molecular flexibility index (Phi) is 3.47. The number of rotatable bonds is 3. The largest absolute Gasteiger partial charge is 0.397 e. The summed E-state index contributed by atoms with van der Waals surface area (Å²) in [5.74, 6) is -1.81. The Balaban J connectivity index is 2.32. The summed E-state index contributed by atoms with van der Waals surface area (Å²) in [6.07, 6.45) is 0. The minimum atomic E-state index is -0.917. The van der Waals surface area contributed by atoms with Gasteiger partial charge in [0.2, 0.25) is 0 Å². The molecular weight excluding hydrogens is 256 g/mol. The van der Waals surface area contributed by atoms with Crippen LogP contribution in [0.2, 0.25) is 0 Å². The maximum Gasteiger partial charge on any atom is 0.184 e. The van der Waals surface area contributed by atoms with E-state index in [1.807, 2.05) is 6.92 Å². The van der Waals surface area contributed by atoms with Crippen LogP contribution in [-0.2, 0) is 6.54 Å². The molecule has 0 spiro atoms. The maximum atomic E-state index is 13.7. The summed E-state index contributed by atoms with van der Waals surface area (Å²) in [4.78, 5) is 6.71. The van der Waals surface area contributed by atoms with Crippen LogP contribution in [0.25, 0.3) is 0 Å². The molecule has 0 saturated heterocycles. The molecule has 2 aromatic rings. The summed E-state index contributed by atoms with van der Waals surface area (Å²) in [5, 5.41) is 0. The van der Waals surface area contributed by atoms with E-state index in [9.17, 15) is 8.78 Å². The van der Waals surface area contributed by atoms with E-state index in [4.69, 9.17) is 5.73 Å². The second-order valence-corrected chi connectivity index (χ2v) is 4.96. The molecule has 1 heterocycles. The number of hydrogen-bond donors (Lipinski definition) is 1. The minimum absolute atomic E-state index is 0.0859. The van der Waals surface area contributed by atoms with Gasteiger partial charge < -0.3 is 10.6 Å². The number of aromatic nitrogens is 1. The van der Waals surface area contributed by atoms with Gasteiger partial charge in [-0.2, -0.15) is 0 Å². The third-order valence-electron chi connectivity index (χ3n) is 2.71. The van der Waals surface area contributed by atoms with Crippen molar-refractivity contribution in [2.24, 2.45) is 0 Å². The van der Waals surface area contributed by atoms with Gasteiger partial charge in [0.05, 0.1) is 29.1 Å².